The van der Waals surface area contributed by atoms with Crippen LogP contribution in [0.4, 0.5) is 17.6 Å². The van der Waals surface area contributed by atoms with Gasteiger partial charge in [0.05, 0.1) is 5.92 Å². The summed E-state index contributed by atoms with van der Waals surface area (Å²) in [5, 5.41) is 0. The van der Waals surface area contributed by atoms with E-state index in [4.69, 9.17) is 0 Å². The molecule has 40 heavy (non-hydrogen) atoms. The molecule has 2 saturated heterocycles. The van der Waals surface area contributed by atoms with Gasteiger partial charge in [0.1, 0.15) is 11.9 Å². The van der Waals surface area contributed by atoms with E-state index in [-0.39, 0.29) is 31.7 Å². The van der Waals surface area contributed by atoms with Gasteiger partial charge in [0.25, 0.3) is 0 Å². The van der Waals surface area contributed by atoms with E-state index in [1.807, 2.05) is 19.0 Å². The average Bonchev–Trinajstić information content (AvgIpc) is 3.43. The number of rotatable bonds is 9. The Morgan fingerprint density at radius 3 is 2.35 bits per heavy atom. The number of carbonyl (C=O) groups is 2. The van der Waals surface area contributed by atoms with Gasteiger partial charge in [0.15, 0.2) is 5.78 Å². The number of hydrogen-bond donors (Lipinski definition) is 0. The minimum absolute atomic E-state index is 0.0223. The van der Waals surface area contributed by atoms with Crippen LogP contribution in [0.5, 0.6) is 0 Å². The van der Waals surface area contributed by atoms with Gasteiger partial charge >= 0.3 is 6.18 Å². The van der Waals surface area contributed by atoms with Crippen LogP contribution < -0.4 is 0 Å². The Kier molecular flexibility index (Phi) is 9.67. The van der Waals surface area contributed by atoms with E-state index in [0.717, 1.165) is 24.3 Å². The maximum atomic E-state index is 14.8. The van der Waals surface area contributed by atoms with Crippen LogP contribution >= 0.6 is 0 Å². The summed E-state index contributed by atoms with van der Waals surface area (Å²) in [4.78, 5) is 33.2. The average molecular weight is 562 g/mol. The van der Waals surface area contributed by atoms with E-state index in [1.54, 1.807) is 49.4 Å². The molecule has 0 aromatic heterocycles. The first-order valence-corrected chi connectivity index (χ1v) is 14.1. The molecular formula is C31H39F4N3O2. The molecule has 2 aliphatic heterocycles. The van der Waals surface area contributed by atoms with E-state index in [1.165, 1.54) is 6.07 Å². The predicted octanol–water partition coefficient (Wildman–Crippen LogP) is 5.54. The molecule has 4 atom stereocenters. The summed E-state index contributed by atoms with van der Waals surface area (Å²) >= 11 is 0. The normalized spacial score (nSPS) is 24.1. The second-order valence-electron chi connectivity index (χ2n) is 11.4. The molecule has 2 aromatic carbocycles. The summed E-state index contributed by atoms with van der Waals surface area (Å²) in [6.07, 6.45) is -2.66. The van der Waals surface area contributed by atoms with E-state index in [0.29, 0.717) is 29.8 Å². The van der Waals surface area contributed by atoms with E-state index in [2.05, 4.69) is 4.90 Å². The molecule has 2 aliphatic rings. The van der Waals surface area contributed by atoms with Gasteiger partial charge in [0, 0.05) is 37.0 Å². The summed E-state index contributed by atoms with van der Waals surface area (Å²) in [7, 11) is 3.98. The lowest BCUT2D eigenvalue weighted by molar-refractivity contribution is -0.185. The molecule has 218 valence electrons. The number of ketones is 1. The monoisotopic (exact) mass is 561 g/mol. The third-order valence-electron chi connectivity index (χ3n) is 8.40. The second-order valence-corrected chi connectivity index (χ2v) is 11.4. The maximum absolute atomic E-state index is 14.8. The minimum atomic E-state index is -4.53. The van der Waals surface area contributed by atoms with Crippen LogP contribution in [-0.2, 0) is 4.79 Å². The van der Waals surface area contributed by atoms with Crippen LogP contribution in [0.25, 0.3) is 0 Å². The Balaban J connectivity index is 1.76. The van der Waals surface area contributed by atoms with Gasteiger partial charge in [-0.05, 0) is 77.0 Å². The molecule has 0 saturated carbocycles. The highest BCUT2D eigenvalue weighted by atomic mass is 19.4. The van der Waals surface area contributed by atoms with Crippen molar-refractivity contribution in [2.75, 3.05) is 46.8 Å². The Morgan fingerprint density at radius 2 is 1.68 bits per heavy atom. The Morgan fingerprint density at radius 1 is 0.975 bits per heavy atom. The molecule has 0 bridgehead atoms. The Bertz CT molecular complexity index is 1170. The number of unbranched alkanes of at least 4 members (excludes halogenated alkanes) is 1. The van der Waals surface area contributed by atoms with Crippen molar-refractivity contribution < 1.29 is 27.2 Å². The first-order chi connectivity index (χ1) is 19.0. The first-order valence-electron chi connectivity index (χ1n) is 14.1. The zero-order valence-electron chi connectivity index (χ0n) is 23.5. The molecule has 2 heterocycles. The molecule has 0 spiro atoms. The van der Waals surface area contributed by atoms with Crippen LogP contribution in [0.1, 0.15) is 53.1 Å². The topological polar surface area (TPSA) is 43.9 Å². The van der Waals surface area contributed by atoms with E-state index < -0.39 is 41.7 Å². The molecule has 0 unspecified atom stereocenters. The van der Waals surface area contributed by atoms with Crippen molar-refractivity contribution >= 4 is 11.7 Å². The van der Waals surface area contributed by atoms with Gasteiger partial charge in [-0.15, -0.1) is 0 Å². The zero-order chi connectivity index (χ0) is 29.0. The van der Waals surface area contributed by atoms with Gasteiger partial charge in [-0.1, -0.05) is 42.5 Å². The highest BCUT2D eigenvalue weighted by molar-refractivity contribution is 5.99. The minimum Gasteiger partial charge on any atom is -0.330 e. The molecule has 5 nitrogen and oxygen atoms in total. The predicted molar refractivity (Wildman–Crippen MR) is 147 cm³/mol. The standard InChI is InChI=1S/C31H39F4N3O2/c1-21-23(13-9-14-26(21)32)28-24(29(39)22-11-5-4-6-12-22)19-37(17-8-7-16-36(2)3)20-25(28)30(40)38-18-10-15-27(38)31(33,34)35/h4-6,9,11-14,24-25,27-28H,7-8,10,15-20H2,1-3H3/t24-,25+,27-,28-/m0/s1. The summed E-state index contributed by atoms with van der Waals surface area (Å²) in [6, 6.07) is 11.5. The lowest BCUT2D eigenvalue weighted by Crippen LogP contribution is -2.55. The fourth-order valence-electron chi connectivity index (χ4n) is 6.38. The number of nitrogens with zero attached hydrogens (tertiary/aromatic N) is 3. The second kappa shape index (κ2) is 12.8. The molecule has 4 rings (SSSR count). The third-order valence-corrected chi connectivity index (χ3v) is 8.40. The number of Topliss-reactive ketones (excluding diaryl/α,β-unsaturated/α-hetero) is 1. The summed E-state index contributed by atoms with van der Waals surface area (Å²) < 4.78 is 56.6. The largest absolute Gasteiger partial charge is 0.408 e. The molecular weight excluding hydrogens is 522 g/mol. The molecule has 2 fully saturated rings. The third kappa shape index (κ3) is 6.74. The number of piperidine rings is 1. The van der Waals surface area contributed by atoms with Crippen LogP contribution in [0.2, 0.25) is 0 Å². The van der Waals surface area contributed by atoms with Crippen molar-refractivity contribution in [2.45, 2.75) is 50.7 Å². The lowest BCUT2D eigenvalue weighted by atomic mass is 9.69. The summed E-state index contributed by atoms with van der Waals surface area (Å²) in [5.41, 5.74) is 1.31. The van der Waals surface area contributed by atoms with Gasteiger partial charge < -0.3 is 14.7 Å². The van der Waals surface area contributed by atoms with Crippen molar-refractivity contribution in [1.29, 1.82) is 0 Å². The fourth-order valence-corrected chi connectivity index (χ4v) is 6.38. The maximum Gasteiger partial charge on any atom is 0.408 e. The quantitative estimate of drug-likeness (QED) is 0.229. The van der Waals surface area contributed by atoms with E-state index in [9.17, 15) is 27.2 Å². The van der Waals surface area contributed by atoms with Crippen LogP contribution in [0, 0.1) is 24.6 Å². The smallest absolute Gasteiger partial charge is 0.330 e. The van der Waals surface area contributed by atoms with Gasteiger partial charge in [-0.2, -0.15) is 13.2 Å². The Labute approximate surface area is 234 Å². The highest BCUT2D eigenvalue weighted by Gasteiger charge is 2.52. The fraction of sp³-hybridized carbons (Fsp3) is 0.548. The molecule has 9 heteroatoms. The van der Waals surface area contributed by atoms with Crippen molar-refractivity contribution in [3.05, 3.63) is 71.0 Å². The SMILES string of the molecule is Cc1c(F)cccc1[C@H]1[C@@H](C(=O)c2ccccc2)CN(CCCCN(C)C)C[C@H]1C(=O)N1CCC[C@H]1C(F)(F)F. The molecule has 0 aliphatic carbocycles. The zero-order valence-corrected chi connectivity index (χ0v) is 23.5. The van der Waals surface area contributed by atoms with Gasteiger partial charge in [-0.25, -0.2) is 4.39 Å². The number of likely N-dealkylation sites (tertiary alicyclic amines) is 2. The molecule has 1 amide bonds. The number of carbonyl (C=O) groups excluding carboxylic acids is 2. The lowest BCUT2D eigenvalue weighted by Gasteiger charge is -2.45. The number of benzene rings is 2. The van der Waals surface area contributed by atoms with E-state index >= 15 is 0 Å². The van der Waals surface area contributed by atoms with Crippen molar-refractivity contribution in [3.63, 3.8) is 0 Å². The van der Waals surface area contributed by atoms with Crippen LogP contribution in [0.3, 0.4) is 0 Å². The summed E-state index contributed by atoms with van der Waals surface area (Å²) in [6.45, 7) is 3.71. The summed E-state index contributed by atoms with van der Waals surface area (Å²) in [5.74, 6) is -3.62. The number of amides is 1. The number of hydrogen-bond acceptors (Lipinski definition) is 4. The first kappa shape index (κ1) is 30.2. The van der Waals surface area contributed by atoms with Gasteiger partial charge in [0.2, 0.25) is 5.91 Å². The molecule has 0 radical (unpaired) electrons. The molecule has 2 aromatic rings. The Hall–Kier alpha value is -2.78. The number of alkyl halides is 3. The van der Waals surface area contributed by atoms with Gasteiger partial charge in [-0.3, -0.25) is 9.59 Å². The molecule has 0 N–H and O–H groups in total. The van der Waals surface area contributed by atoms with Crippen LogP contribution in [0.15, 0.2) is 48.5 Å². The number of halogens is 4. The highest BCUT2D eigenvalue weighted by Crippen LogP contribution is 2.43. The van der Waals surface area contributed by atoms with Crippen molar-refractivity contribution in [3.8, 4) is 0 Å². The van der Waals surface area contributed by atoms with Crippen molar-refractivity contribution in [2.24, 2.45) is 11.8 Å². The van der Waals surface area contributed by atoms with Crippen molar-refractivity contribution in [1.82, 2.24) is 14.7 Å². The van der Waals surface area contributed by atoms with Crippen LogP contribution in [-0.4, -0.2) is 85.4 Å².